The van der Waals surface area contributed by atoms with Gasteiger partial charge in [-0.05, 0) is 25.7 Å². The van der Waals surface area contributed by atoms with Gasteiger partial charge in [0, 0.05) is 23.7 Å². The fourth-order valence-corrected chi connectivity index (χ4v) is 3.24. The zero-order valence-corrected chi connectivity index (χ0v) is 13.2. The third-order valence-corrected chi connectivity index (χ3v) is 4.49. The van der Waals surface area contributed by atoms with Crippen molar-refractivity contribution in [2.45, 2.75) is 85.5 Å². The molecular weight excluding hydrogens is 236 g/mol. The van der Waals surface area contributed by atoms with Gasteiger partial charge in [0.05, 0.1) is 0 Å². The quantitative estimate of drug-likeness (QED) is 0.595. The maximum atomic E-state index is 11.8. The SMILES string of the molecule is CC1(C)CCCC(C)(C)C1=O.O=C1CCCCCC1. The number of carbonyl (C=O) groups excluding carboxylic acids is 2. The Morgan fingerprint density at radius 3 is 1.47 bits per heavy atom. The van der Waals surface area contributed by atoms with Crippen molar-refractivity contribution in [3.63, 3.8) is 0 Å². The molecule has 2 saturated carbocycles. The van der Waals surface area contributed by atoms with E-state index in [1.807, 2.05) is 0 Å². The first-order valence-electron chi connectivity index (χ1n) is 7.82. The number of ketones is 2. The molecule has 2 nitrogen and oxygen atoms in total. The van der Waals surface area contributed by atoms with Crippen molar-refractivity contribution in [3.8, 4) is 0 Å². The summed E-state index contributed by atoms with van der Waals surface area (Å²) in [5.41, 5.74) is -0.135. The van der Waals surface area contributed by atoms with Crippen LogP contribution in [0.1, 0.15) is 85.5 Å². The van der Waals surface area contributed by atoms with Crippen molar-refractivity contribution in [1.29, 1.82) is 0 Å². The van der Waals surface area contributed by atoms with Crippen LogP contribution in [-0.4, -0.2) is 11.6 Å². The summed E-state index contributed by atoms with van der Waals surface area (Å²) in [6.07, 6.45) is 9.84. The van der Waals surface area contributed by atoms with Crippen LogP contribution >= 0.6 is 0 Å². The Kier molecular flexibility index (Phi) is 5.76. The van der Waals surface area contributed by atoms with E-state index in [1.54, 1.807) is 0 Å². The van der Waals surface area contributed by atoms with E-state index < -0.39 is 0 Å². The molecule has 0 heterocycles. The molecule has 0 unspecified atom stereocenters. The minimum atomic E-state index is -0.0677. The Bertz CT molecular complexity index is 298. The molecule has 0 atom stereocenters. The van der Waals surface area contributed by atoms with Gasteiger partial charge in [0.1, 0.15) is 11.6 Å². The Balaban J connectivity index is 0.000000200. The molecule has 0 N–H and O–H groups in total. The Morgan fingerprint density at radius 2 is 1.11 bits per heavy atom. The van der Waals surface area contributed by atoms with Gasteiger partial charge >= 0.3 is 0 Å². The van der Waals surface area contributed by atoms with Crippen LogP contribution in [0, 0.1) is 10.8 Å². The second-order valence-corrected chi connectivity index (χ2v) is 7.40. The average molecular weight is 266 g/mol. The minimum absolute atomic E-state index is 0.0677. The molecule has 0 aliphatic heterocycles. The zero-order chi connectivity index (χ0) is 14.5. The Hall–Kier alpha value is -0.660. The highest BCUT2D eigenvalue weighted by Gasteiger charge is 2.41. The molecule has 0 aromatic heterocycles. The summed E-state index contributed by atoms with van der Waals surface area (Å²) in [5, 5.41) is 0. The van der Waals surface area contributed by atoms with Gasteiger partial charge in [-0.25, -0.2) is 0 Å². The molecular formula is C17H30O2. The molecule has 0 saturated heterocycles. The van der Waals surface area contributed by atoms with Gasteiger partial charge in [-0.15, -0.1) is 0 Å². The van der Waals surface area contributed by atoms with Crippen LogP contribution < -0.4 is 0 Å². The lowest BCUT2D eigenvalue weighted by atomic mass is 9.64. The summed E-state index contributed by atoms with van der Waals surface area (Å²) < 4.78 is 0. The third-order valence-electron chi connectivity index (χ3n) is 4.49. The van der Waals surface area contributed by atoms with Crippen molar-refractivity contribution >= 4 is 11.6 Å². The van der Waals surface area contributed by atoms with Crippen LogP contribution in [0.25, 0.3) is 0 Å². The number of Topliss-reactive ketones (excluding diaryl/α,β-unsaturated/α-hetero) is 2. The average Bonchev–Trinajstić information content (AvgIpc) is 2.54. The summed E-state index contributed by atoms with van der Waals surface area (Å²) in [6, 6.07) is 0. The fraction of sp³-hybridized carbons (Fsp3) is 0.882. The van der Waals surface area contributed by atoms with Gasteiger partial charge in [0.15, 0.2) is 0 Å². The standard InChI is InChI=1S/C10H18O.C7H12O/c1-9(2)6-5-7-10(3,4)8(9)11;8-7-5-3-1-2-4-6-7/h5-7H2,1-4H3;1-6H2. The van der Waals surface area contributed by atoms with E-state index in [0.29, 0.717) is 11.6 Å². The van der Waals surface area contributed by atoms with Crippen LogP contribution in [0.15, 0.2) is 0 Å². The van der Waals surface area contributed by atoms with E-state index in [1.165, 1.54) is 19.3 Å². The van der Waals surface area contributed by atoms with E-state index in [2.05, 4.69) is 27.7 Å². The van der Waals surface area contributed by atoms with E-state index >= 15 is 0 Å². The van der Waals surface area contributed by atoms with Crippen molar-refractivity contribution in [2.24, 2.45) is 10.8 Å². The highest BCUT2D eigenvalue weighted by Crippen LogP contribution is 2.42. The van der Waals surface area contributed by atoms with E-state index in [9.17, 15) is 9.59 Å². The van der Waals surface area contributed by atoms with Crippen LogP contribution in [0.2, 0.25) is 0 Å². The van der Waals surface area contributed by atoms with Crippen molar-refractivity contribution in [3.05, 3.63) is 0 Å². The first kappa shape index (κ1) is 16.4. The first-order chi connectivity index (χ1) is 8.76. The molecule has 2 fully saturated rings. The van der Waals surface area contributed by atoms with Crippen molar-refractivity contribution in [2.75, 3.05) is 0 Å². The molecule has 0 aromatic rings. The van der Waals surface area contributed by atoms with Crippen molar-refractivity contribution < 1.29 is 9.59 Å². The second kappa shape index (κ2) is 6.67. The van der Waals surface area contributed by atoms with Gasteiger partial charge in [-0.3, -0.25) is 9.59 Å². The van der Waals surface area contributed by atoms with E-state index in [0.717, 1.165) is 38.5 Å². The molecule has 0 amide bonds. The number of rotatable bonds is 0. The van der Waals surface area contributed by atoms with Crippen molar-refractivity contribution in [1.82, 2.24) is 0 Å². The maximum absolute atomic E-state index is 11.8. The molecule has 2 rings (SSSR count). The van der Waals surface area contributed by atoms with Gasteiger partial charge in [-0.2, -0.15) is 0 Å². The summed E-state index contributed by atoms with van der Waals surface area (Å²) in [7, 11) is 0. The lowest BCUT2D eigenvalue weighted by Crippen LogP contribution is -2.40. The van der Waals surface area contributed by atoms with E-state index in [-0.39, 0.29) is 10.8 Å². The van der Waals surface area contributed by atoms with Crippen LogP contribution in [0.3, 0.4) is 0 Å². The Morgan fingerprint density at radius 1 is 0.684 bits per heavy atom. The highest BCUT2D eigenvalue weighted by atomic mass is 16.1. The van der Waals surface area contributed by atoms with Crippen LogP contribution in [-0.2, 0) is 9.59 Å². The first-order valence-corrected chi connectivity index (χ1v) is 7.82. The topological polar surface area (TPSA) is 34.1 Å². The summed E-state index contributed by atoms with van der Waals surface area (Å²) in [4.78, 5) is 22.5. The predicted molar refractivity (Wildman–Crippen MR) is 79.1 cm³/mol. The summed E-state index contributed by atoms with van der Waals surface area (Å²) in [6.45, 7) is 8.26. The molecule has 2 aliphatic carbocycles. The number of carbonyl (C=O) groups is 2. The molecule has 2 heteroatoms. The second-order valence-electron chi connectivity index (χ2n) is 7.40. The fourth-order valence-electron chi connectivity index (χ4n) is 3.24. The monoisotopic (exact) mass is 266 g/mol. The van der Waals surface area contributed by atoms with Gasteiger partial charge < -0.3 is 0 Å². The van der Waals surface area contributed by atoms with Gasteiger partial charge in [0.25, 0.3) is 0 Å². The smallest absolute Gasteiger partial charge is 0.144 e. The third kappa shape index (κ3) is 5.08. The normalized spacial score (nSPS) is 26.1. The molecule has 19 heavy (non-hydrogen) atoms. The highest BCUT2D eigenvalue weighted by molar-refractivity contribution is 5.89. The van der Waals surface area contributed by atoms with Gasteiger partial charge in [0.2, 0.25) is 0 Å². The molecule has 0 aromatic carbocycles. The van der Waals surface area contributed by atoms with Gasteiger partial charge in [-0.1, -0.05) is 47.0 Å². The minimum Gasteiger partial charge on any atom is -0.300 e. The lowest BCUT2D eigenvalue weighted by molar-refractivity contribution is -0.139. The number of hydrogen-bond acceptors (Lipinski definition) is 2. The Labute approximate surface area is 118 Å². The number of hydrogen-bond donors (Lipinski definition) is 0. The predicted octanol–water partition coefficient (Wildman–Crippen LogP) is 4.70. The molecule has 0 bridgehead atoms. The van der Waals surface area contributed by atoms with Crippen LogP contribution in [0.4, 0.5) is 0 Å². The maximum Gasteiger partial charge on any atom is 0.144 e. The van der Waals surface area contributed by atoms with E-state index in [4.69, 9.17) is 0 Å². The summed E-state index contributed by atoms with van der Waals surface area (Å²) in [5.74, 6) is 0.916. The molecule has 2 aliphatic rings. The lowest BCUT2D eigenvalue weighted by Gasteiger charge is -2.38. The largest absolute Gasteiger partial charge is 0.300 e. The molecule has 0 spiro atoms. The molecule has 0 radical (unpaired) electrons. The summed E-state index contributed by atoms with van der Waals surface area (Å²) >= 11 is 0. The molecule has 110 valence electrons. The van der Waals surface area contributed by atoms with Crippen LogP contribution in [0.5, 0.6) is 0 Å². The zero-order valence-electron chi connectivity index (χ0n) is 13.2.